The van der Waals surface area contributed by atoms with Gasteiger partial charge in [-0.15, -0.1) is 0 Å². The fourth-order valence-electron chi connectivity index (χ4n) is 3.21. The predicted octanol–water partition coefficient (Wildman–Crippen LogP) is 2.47. The third-order valence-corrected chi connectivity index (χ3v) is 4.74. The molecule has 1 aromatic rings. The van der Waals surface area contributed by atoms with Crippen LogP contribution in [-0.4, -0.2) is 58.3 Å². The first-order valence-electron chi connectivity index (χ1n) is 8.12. The lowest BCUT2D eigenvalue weighted by Crippen LogP contribution is -2.46. The largest absolute Gasteiger partial charge is 0.301 e. The molecule has 0 aliphatic carbocycles. The highest BCUT2D eigenvalue weighted by Crippen LogP contribution is 2.19. The van der Waals surface area contributed by atoms with Gasteiger partial charge in [0.05, 0.1) is 6.54 Å². The predicted molar refractivity (Wildman–Crippen MR) is 83.8 cm³/mol. The molecule has 1 saturated heterocycles. The van der Waals surface area contributed by atoms with Gasteiger partial charge >= 0.3 is 0 Å². The Morgan fingerprint density at radius 2 is 2.05 bits per heavy atom. The molecule has 4 nitrogen and oxygen atoms in total. The number of nitrogens with zero attached hydrogens (tertiary/aromatic N) is 4. The van der Waals surface area contributed by atoms with Gasteiger partial charge in [0.15, 0.2) is 0 Å². The molecule has 1 aromatic heterocycles. The Morgan fingerprint density at radius 1 is 1.30 bits per heavy atom. The van der Waals surface area contributed by atoms with E-state index in [9.17, 15) is 0 Å². The minimum absolute atomic E-state index is 0.723. The van der Waals surface area contributed by atoms with Crippen molar-refractivity contribution in [1.82, 2.24) is 19.6 Å². The van der Waals surface area contributed by atoms with Crippen LogP contribution in [0.4, 0.5) is 0 Å². The minimum Gasteiger partial charge on any atom is -0.301 e. The smallest absolute Gasteiger partial charge is 0.0536 e. The van der Waals surface area contributed by atoms with Gasteiger partial charge in [0.1, 0.15) is 0 Å². The highest BCUT2D eigenvalue weighted by atomic mass is 15.3. The highest BCUT2D eigenvalue weighted by molar-refractivity contribution is 4.82. The number of hydrogen-bond donors (Lipinski definition) is 0. The van der Waals surface area contributed by atoms with Crippen molar-refractivity contribution < 1.29 is 0 Å². The first-order chi connectivity index (χ1) is 9.70. The molecule has 1 fully saturated rings. The molecule has 20 heavy (non-hydrogen) atoms. The van der Waals surface area contributed by atoms with Gasteiger partial charge < -0.3 is 9.80 Å². The van der Waals surface area contributed by atoms with Gasteiger partial charge in [0, 0.05) is 31.0 Å². The summed E-state index contributed by atoms with van der Waals surface area (Å²) in [6, 6.07) is 3.49. The molecule has 0 radical (unpaired) electrons. The first-order valence-corrected chi connectivity index (χ1v) is 8.12. The lowest BCUT2D eigenvalue weighted by atomic mass is 10.0. The van der Waals surface area contributed by atoms with E-state index < -0.39 is 0 Å². The van der Waals surface area contributed by atoms with Crippen LogP contribution in [-0.2, 0) is 6.54 Å². The molecule has 0 spiro atoms. The zero-order chi connectivity index (χ0) is 14.4. The van der Waals surface area contributed by atoms with Crippen molar-refractivity contribution in [3.8, 4) is 0 Å². The highest BCUT2D eigenvalue weighted by Gasteiger charge is 2.24. The second-order valence-electron chi connectivity index (χ2n) is 6.15. The molecular formula is C16H30N4. The second-order valence-corrected chi connectivity index (χ2v) is 6.15. The summed E-state index contributed by atoms with van der Waals surface area (Å²) in [6.45, 7) is 9.25. The second kappa shape index (κ2) is 7.79. The molecule has 1 aliphatic heterocycles. The van der Waals surface area contributed by atoms with Gasteiger partial charge in [0.25, 0.3) is 0 Å². The van der Waals surface area contributed by atoms with Crippen molar-refractivity contribution >= 4 is 0 Å². The molecule has 1 aliphatic rings. The van der Waals surface area contributed by atoms with Crippen molar-refractivity contribution in [1.29, 1.82) is 0 Å². The molecule has 0 aromatic carbocycles. The summed E-state index contributed by atoms with van der Waals surface area (Å²) in [5.74, 6) is 0. The number of rotatable bonds is 7. The maximum absolute atomic E-state index is 4.27. The van der Waals surface area contributed by atoms with E-state index in [1.807, 2.05) is 23.1 Å². The monoisotopic (exact) mass is 278 g/mol. The zero-order valence-electron chi connectivity index (χ0n) is 13.3. The maximum atomic E-state index is 4.27. The van der Waals surface area contributed by atoms with Gasteiger partial charge in [-0.25, -0.2) is 0 Å². The molecule has 0 amide bonds. The average molecular weight is 278 g/mol. The first kappa shape index (κ1) is 15.5. The van der Waals surface area contributed by atoms with Gasteiger partial charge in [-0.05, 0) is 52.4 Å². The number of hydrogen-bond acceptors (Lipinski definition) is 3. The molecule has 4 heteroatoms. The van der Waals surface area contributed by atoms with E-state index in [0.717, 1.165) is 25.2 Å². The molecule has 0 N–H and O–H groups in total. The van der Waals surface area contributed by atoms with Crippen LogP contribution in [0.2, 0.25) is 0 Å². The number of piperidine rings is 1. The van der Waals surface area contributed by atoms with Gasteiger partial charge in [-0.3, -0.25) is 4.68 Å². The van der Waals surface area contributed by atoms with E-state index in [-0.39, 0.29) is 0 Å². The zero-order valence-corrected chi connectivity index (χ0v) is 13.3. The summed E-state index contributed by atoms with van der Waals surface area (Å²) in [5, 5.41) is 4.27. The fourth-order valence-corrected chi connectivity index (χ4v) is 3.21. The van der Waals surface area contributed by atoms with Crippen molar-refractivity contribution in [2.75, 3.05) is 26.7 Å². The molecule has 0 saturated carbocycles. The van der Waals surface area contributed by atoms with Crippen molar-refractivity contribution in [2.45, 2.75) is 58.2 Å². The lowest BCUT2D eigenvalue weighted by molar-refractivity contribution is 0.0961. The van der Waals surface area contributed by atoms with Crippen LogP contribution in [0.3, 0.4) is 0 Å². The Labute approximate surface area is 123 Å². The van der Waals surface area contributed by atoms with E-state index in [2.05, 4.69) is 35.8 Å². The van der Waals surface area contributed by atoms with E-state index in [1.54, 1.807) is 0 Å². The van der Waals surface area contributed by atoms with Crippen LogP contribution >= 0.6 is 0 Å². The molecule has 114 valence electrons. The van der Waals surface area contributed by atoms with Crippen molar-refractivity contribution in [3.05, 3.63) is 18.5 Å². The number of aromatic nitrogens is 2. The van der Waals surface area contributed by atoms with Crippen molar-refractivity contribution in [2.24, 2.45) is 0 Å². The van der Waals surface area contributed by atoms with Crippen LogP contribution in [0.5, 0.6) is 0 Å². The Hall–Kier alpha value is -0.870. The molecule has 0 unspecified atom stereocenters. The van der Waals surface area contributed by atoms with E-state index in [4.69, 9.17) is 0 Å². The minimum atomic E-state index is 0.723. The standard InChI is InChI=1S/C16H30N4/c1-4-6-15(2)18(3)16-7-11-19(12-8-16)13-14-20-10-5-9-17-20/h5,9-10,15-16H,4,6-8,11-14H2,1-3H3/t15-/m1/s1. The molecule has 0 bridgehead atoms. The summed E-state index contributed by atoms with van der Waals surface area (Å²) in [6.07, 6.45) is 9.13. The Morgan fingerprint density at radius 3 is 2.65 bits per heavy atom. The molecule has 2 heterocycles. The summed E-state index contributed by atoms with van der Waals surface area (Å²) in [7, 11) is 2.31. The Bertz CT molecular complexity index is 355. The SMILES string of the molecule is CCC[C@@H](C)N(C)C1CCN(CCn2cccn2)CC1. The van der Waals surface area contributed by atoms with Crippen molar-refractivity contribution in [3.63, 3.8) is 0 Å². The maximum Gasteiger partial charge on any atom is 0.0536 e. The third-order valence-electron chi connectivity index (χ3n) is 4.74. The lowest BCUT2D eigenvalue weighted by Gasteiger charge is -2.39. The fraction of sp³-hybridized carbons (Fsp3) is 0.812. The van der Waals surface area contributed by atoms with E-state index in [0.29, 0.717) is 0 Å². The van der Waals surface area contributed by atoms with Crippen LogP contribution in [0.15, 0.2) is 18.5 Å². The molecular weight excluding hydrogens is 248 g/mol. The average Bonchev–Trinajstić information content (AvgIpc) is 2.98. The summed E-state index contributed by atoms with van der Waals surface area (Å²) in [5.41, 5.74) is 0. The summed E-state index contributed by atoms with van der Waals surface area (Å²) < 4.78 is 2.03. The van der Waals surface area contributed by atoms with Crippen LogP contribution in [0, 0.1) is 0 Å². The van der Waals surface area contributed by atoms with E-state index >= 15 is 0 Å². The quantitative estimate of drug-likeness (QED) is 0.766. The van der Waals surface area contributed by atoms with Gasteiger partial charge in [-0.1, -0.05) is 13.3 Å². The van der Waals surface area contributed by atoms with Gasteiger partial charge in [-0.2, -0.15) is 5.10 Å². The van der Waals surface area contributed by atoms with Gasteiger partial charge in [0.2, 0.25) is 0 Å². The number of likely N-dealkylation sites (tertiary alicyclic amines) is 1. The molecule has 1 atom stereocenters. The van der Waals surface area contributed by atoms with Crippen LogP contribution in [0.1, 0.15) is 39.5 Å². The van der Waals surface area contributed by atoms with Crippen LogP contribution < -0.4 is 0 Å². The molecule has 2 rings (SSSR count). The summed E-state index contributed by atoms with van der Waals surface area (Å²) >= 11 is 0. The third kappa shape index (κ3) is 4.32. The van der Waals surface area contributed by atoms with Crippen LogP contribution in [0.25, 0.3) is 0 Å². The summed E-state index contributed by atoms with van der Waals surface area (Å²) in [4.78, 5) is 5.19. The topological polar surface area (TPSA) is 24.3 Å². The van der Waals surface area contributed by atoms with E-state index in [1.165, 1.54) is 38.8 Å². The Kier molecular flexibility index (Phi) is 6.05. The normalized spacial score (nSPS) is 19.6. The Balaban J connectivity index is 1.69.